The van der Waals surface area contributed by atoms with Gasteiger partial charge in [-0.15, -0.1) is 0 Å². The Hall–Kier alpha value is -1.83. The van der Waals surface area contributed by atoms with Gasteiger partial charge in [-0.1, -0.05) is 44.5 Å². The van der Waals surface area contributed by atoms with Crippen LogP contribution in [0, 0.1) is 5.41 Å². The molecule has 1 heterocycles. The lowest BCUT2D eigenvalue weighted by molar-refractivity contribution is 0.117. The van der Waals surface area contributed by atoms with Gasteiger partial charge < -0.3 is 13.9 Å². The molecule has 0 bridgehead atoms. The zero-order chi connectivity index (χ0) is 24.8. The van der Waals surface area contributed by atoms with E-state index in [9.17, 15) is 4.79 Å². The smallest absolute Gasteiger partial charge is 0.289 e. The molecule has 2 rings (SSSR count). The highest BCUT2D eigenvalue weighted by atomic mass is 35.5. The first-order valence-corrected chi connectivity index (χ1v) is 14.7. The summed E-state index contributed by atoms with van der Waals surface area (Å²) < 4.78 is 19.3. The molecule has 1 unspecified atom stereocenters. The summed E-state index contributed by atoms with van der Waals surface area (Å²) in [5, 5.41) is 4.24. The van der Waals surface area contributed by atoms with Crippen molar-refractivity contribution in [3.8, 4) is 11.5 Å². The van der Waals surface area contributed by atoms with Crippen molar-refractivity contribution in [2.45, 2.75) is 85.7 Å². The van der Waals surface area contributed by atoms with E-state index in [0.29, 0.717) is 0 Å². The number of hydrogen-bond donors (Lipinski definition) is 0. The molecular weight excluding hydrogens is 456 g/mol. The van der Waals surface area contributed by atoms with Gasteiger partial charge in [-0.3, -0.25) is 4.79 Å². The zero-order valence-corrected chi connectivity index (χ0v) is 23.2. The molecule has 0 saturated carbocycles. The van der Waals surface area contributed by atoms with Crippen molar-refractivity contribution in [2.75, 3.05) is 6.61 Å². The van der Waals surface area contributed by atoms with Gasteiger partial charge in [-0.05, 0) is 63.4 Å². The predicted octanol–water partition coefficient (Wildman–Crippen LogP) is 5.80. The normalized spacial score (nSPS) is 13.3. The average molecular weight is 495 g/mol. The standard InChI is InChI=1S/C25H39ClN2O4Si/c1-24(2,3)15-20(13-14-31-33(7)8)32-19-11-9-18(10-12-19)17-30-21-16-27-28(25(4,5)6)23(29)22(21)26/h9-12,16,20,33H,13-15,17H2,1-8H3. The molecule has 0 aliphatic carbocycles. The van der Waals surface area contributed by atoms with Crippen LogP contribution in [-0.2, 0) is 16.6 Å². The van der Waals surface area contributed by atoms with Crippen LogP contribution in [0.1, 0.15) is 59.9 Å². The van der Waals surface area contributed by atoms with Crippen LogP contribution in [0.5, 0.6) is 11.5 Å². The summed E-state index contributed by atoms with van der Waals surface area (Å²) >= 11 is 6.24. The molecule has 0 saturated heterocycles. The van der Waals surface area contributed by atoms with Crippen molar-refractivity contribution in [1.82, 2.24) is 9.78 Å². The number of aromatic nitrogens is 2. The molecule has 184 valence electrons. The fourth-order valence-corrected chi connectivity index (χ4v) is 4.13. The number of rotatable bonds is 10. The van der Waals surface area contributed by atoms with Crippen LogP contribution < -0.4 is 15.0 Å². The van der Waals surface area contributed by atoms with Crippen molar-refractivity contribution in [3.63, 3.8) is 0 Å². The fraction of sp³-hybridized carbons (Fsp3) is 0.600. The molecule has 0 aliphatic heterocycles. The Balaban J connectivity index is 2.01. The molecule has 0 aliphatic rings. The number of nitrogens with zero attached hydrogens (tertiary/aromatic N) is 2. The quantitative estimate of drug-likeness (QED) is 0.390. The minimum absolute atomic E-state index is 0.0385. The monoisotopic (exact) mass is 494 g/mol. The molecular formula is C25H39ClN2O4Si. The van der Waals surface area contributed by atoms with E-state index in [2.05, 4.69) is 39.0 Å². The topological polar surface area (TPSA) is 62.6 Å². The fourth-order valence-electron chi connectivity index (χ4n) is 3.33. The van der Waals surface area contributed by atoms with Gasteiger partial charge in [0.1, 0.15) is 18.5 Å². The van der Waals surface area contributed by atoms with Crippen molar-refractivity contribution >= 4 is 20.6 Å². The van der Waals surface area contributed by atoms with Crippen LogP contribution in [0.2, 0.25) is 18.1 Å². The van der Waals surface area contributed by atoms with Gasteiger partial charge in [-0.25, -0.2) is 4.68 Å². The lowest BCUT2D eigenvalue weighted by Gasteiger charge is -2.27. The van der Waals surface area contributed by atoms with Crippen molar-refractivity contribution < 1.29 is 13.9 Å². The van der Waals surface area contributed by atoms with Crippen LogP contribution in [0.25, 0.3) is 0 Å². The highest BCUT2D eigenvalue weighted by Crippen LogP contribution is 2.27. The van der Waals surface area contributed by atoms with Crippen LogP contribution in [-0.4, -0.2) is 31.5 Å². The largest absolute Gasteiger partial charge is 0.490 e. The Labute approximate surface area is 204 Å². The summed E-state index contributed by atoms with van der Waals surface area (Å²) in [5.41, 5.74) is 0.296. The second-order valence-corrected chi connectivity index (χ2v) is 13.7. The Morgan fingerprint density at radius 2 is 1.73 bits per heavy atom. The van der Waals surface area contributed by atoms with Crippen LogP contribution >= 0.6 is 11.6 Å². The number of halogens is 1. The average Bonchev–Trinajstić information content (AvgIpc) is 2.67. The van der Waals surface area contributed by atoms with Gasteiger partial charge in [0.25, 0.3) is 5.56 Å². The van der Waals surface area contributed by atoms with E-state index in [-0.39, 0.29) is 34.5 Å². The summed E-state index contributed by atoms with van der Waals surface area (Å²) in [6.07, 6.45) is 3.41. The second kappa shape index (κ2) is 11.5. The minimum Gasteiger partial charge on any atom is -0.490 e. The van der Waals surface area contributed by atoms with Crippen LogP contribution in [0.3, 0.4) is 0 Å². The van der Waals surface area contributed by atoms with E-state index in [1.165, 1.54) is 10.9 Å². The second-order valence-electron chi connectivity index (χ2n) is 10.9. The summed E-state index contributed by atoms with van der Waals surface area (Å²) in [6, 6.07) is 7.81. The molecule has 2 aromatic rings. The zero-order valence-electron chi connectivity index (χ0n) is 21.3. The van der Waals surface area contributed by atoms with Gasteiger partial charge in [0.15, 0.2) is 19.8 Å². The third-order valence-electron chi connectivity index (χ3n) is 4.87. The lowest BCUT2D eigenvalue weighted by atomic mass is 9.88. The van der Waals surface area contributed by atoms with Crippen LogP contribution in [0.4, 0.5) is 0 Å². The molecule has 1 atom stereocenters. The molecule has 0 amide bonds. The Morgan fingerprint density at radius 3 is 2.27 bits per heavy atom. The first kappa shape index (κ1) is 27.4. The van der Waals surface area contributed by atoms with E-state index in [0.717, 1.165) is 30.8 Å². The number of benzene rings is 1. The Kier molecular flexibility index (Phi) is 9.58. The summed E-state index contributed by atoms with van der Waals surface area (Å²) in [5.74, 6) is 1.10. The Bertz CT molecular complexity index is 947. The molecule has 1 aromatic heterocycles. The Morgan fingerprint density at radius 1 is 1.09 bits per heavy atom. The van der Waals surface area contributed by atoms with Crippen LogP contribution in [0.15, 0.2) is 35.3 Å². The summed E-state index contributed by atoms with van der Waals surface area (Å²) in [7, 11) is -1.03. The molecule has 33 heavy (non-hydrogen) atoms. The molecule has 0 fully saturated rings. The predicted molar refractivity (Wildman–Crippen MR) is 137 cm³/mol. The van der Waals surface area contributed by atoms with Crippen molar-refractivity contribution in [2.24, 2.45) is 5.41 Å². The lowest BCUT2D eigenvalue weighted by Crippen LogP contribution is -2.36. The third-order valence-corrected chi connectivity index (χ3v) is 6.12. The van der Waals surface area contributed by atoms with Gasteiger partial charge in [-0.2, -0.15) is 5.10 Å². The first-order valence-electron chi connectivity index (χ1n) is 11.5. The van der Waals surface area contributed by atoms with Gasteiger partial charge >= 0.3 is 0 Å². The third kappa shape index (κ3) is 9.14. The minimum atomic E-state index is -1.03. The summed E-state index contributed by atoms with van der Waals surface area (Å²) in [4.78, 5) is 12.5. The van der Waals surface area contributed by atoms with E-state index in [4.69, 9.17) is 25.5 Å². The molecule has 0 spiro atoms. The SMILES string of the molecule is C[SiH](C)OCCC(CC(C)(C)C)Oc1ccc(COc2cnn(C(C)(C)C)c(=O)c2Cl)cc1. The van der Waals surface area contributed by atoms with E-state index < -0.39 is 14.6 Å². The molecule has 0 N–H and O–H groups in total. The first-order chi connectivity index (χ1) is 15.3. The number of hydrogen-bond acceptors (Lipinski definition) is 5. The van der Waals surface area contributed by atoms with Gasteiger partial charge in [0, 0.05) is 13.0 Å². The summed E-state index contributed by atoms with van der Waals surface area (Å²) in [6.45, 7) is 17.7. The maximum atomic E-state index is 12.5. The van der Waals surface area contributed by atoms with E-state index in [1.807, 2.05) is 45.0 Å². The molecule has 6 nitrogen and oxygen atoms in total. The maximum Gasteiger partial charge on any atom is 0.289 e. The highest BCUT2D eigenvalue weighted by Gasteiger charge is 2.21. The molecule has 8 heteroatoms. The molecule has 0 radical (unpaired) electrons. The van der Waals surface area contributed by atoms with Crippen molar-refractivity contribution in [3.05, 3.63) is 51.4 Å². The highest BCUT2D eigenvalue weighted by molar-refractivity contribution is 6.48. The van der Waals surface area contributed by atoms with E-state index >= 15 is 0 Å². The van der Waals surface area contributed by atoms with E-state index in [1.54, 1.807) is 0 Å². The van der Waals surface area contributed by atoms with Crippen molar-refractivity contribution in [1.29, 1.82) is 0 Å². The van der Waals surface area contributed by atoms with Gasteiger partial charge in [0.2, 0.25) is 0 Å². The maximum absolute atomic E-state index is 12.5. The molecule has 1 aromatic carbocycles. The number of ether oxygens (including phenoxy) is 2. The van der Waals surface area contributed by atoms with Gasteiger partial charge in [0.05, 0.1) is 11.7 Å².